The van der Waals surface area contributed by atoms with Gasteiger partial charge in [-0.15, -0.1) is 11.3 Å². The van der Waals surface area contributed by atoms with Crippen molar-refractivity contribution in [3.63, 3.8) is 0 Å². The van der Waals surface area contributed by atoms with Gasteiger partial charge < -0.3 is 0 Å². The van der Waals surface area contributed by atoms with Crippen molar-refractivity contribution in [2.24, 2.45) is 7.05 Å². The molecule has 2 aromatic heterocycles. The number of sulfonamides is 1. The average Bonchev–Trinajstić information content (AvgIpc) is 2.79. The summed E-state index contributed by atoms with van der Waals surface area (Å²) in [5, 5.41) is 4.29. The molecule has 0 spiro atoms. The summed E-state index contributed by atoms with van der Waals surface area (Å²) in [6.45, 7) is 7.82. The molecule has 0 unspecified atom stereocenters. The molecule has 0 amide bonds. The molecule has 0 saturated carbocycles. The molecule has 0 aliphatic carbocycles. The van der Waals surface area contributed by atoms with Crippen molar-refractivity contribution in [3.05, 3.63) is 32.8 Å². The molecule has 0 radical (unpaired) electrons. The molecule has 0 aliphatic heterocycles. The van der Waals surface area contributed by atoms with Crippen molar-refractivity contribution in [3.8, 4) is 0 Å². The van der Waals surface area contributed by atoms with E-state index in [0.29, 0.717) is 4.90 Å². The monoisotopic (exact) mass is 313 g/mol. The van der Waals surface area contributed by atoms with Crippen LogP contribution >= 0.6 is 11.3 Å². The van der Waals surface area contributed by atoms with Gasteiger partial charge in [-0.25, -0.2) is 13.1 Å². The summed E-state index contributed by atoms with van der Waals surface area (Å²) < 4.78 is 29.1. The number of nitrogens with one attached hydrogen (secondary N) is 1. The van der Waals surface area contributed by atoms with Gasteiger partial charge in [0.25, 0.3) is 0 Å². The van der Waals surface area contributed by atoms with Crippen LogP contribution < -0.4 is 4.72 Å². The number of nitrogens with zero attached hydrogens (tertiary/aromatic N) is 2. The fraction of sp³-hybridized carbons (Fsp3) is 0.462. The van der Waals surface area contributed by atoms with E-state index in [1.165, 1.54) is 11.3 Å². The molecule has 0 aliphatic rings. The Morgan fingerprint density at radius 3 is 2.40 bits per heavy atom. The number of hydrogen-bond acceptors (Lipinski definition) is 4. The number of thiophene rings is 1. The van der Waals surface area contributed by atoms with E-state index in [9.17, 15) is 8.42 Å². The second-order valence-corrected chi connectivity index (χ2v) is 8.07. The van der Waals surface area contributed by atoms with Gasteiger partial charge >= 0.3 is 0 Å². The molecule has 7 heteroatoms. The highest BCUT2D eigenvalue weighted by atomic mass is 32.2. The first-order chi connectivity index (χ1) is 9.22. The molecule has 110 valence electrons. The summed E-state index contributed by atoms with van der Waals surface area (Å²) in [5.74, 6) is 0. The lowest BCUT2D eigenvalue weighted by molar-refractivity contribution is 0.581. The third-order valence-corrected chi connectivity index (χ3v) is 6.01. The second-order valence-electron chi connectivity index (χ2n) is 4.88. The second kappa shape index (κ2) is 5.31. The summed E-state index contributed by atoms with van der Waals surface area (Å²) in [7, 11) is -1.62. The quantitative estimate of drug-likeness (QED) is 0.941. The molecule has 0 saturated heterocycles. The van der Waals surface area contributed by atoms with E-state index in [-0.39, 0.29) is 6.54 Å². The Bertz CT molecular complexity index is 742. The van der Waals surface area contributed by atoms with Crippen LogP contribution in [-0.4, -0.2) is 18.2 Å². The van der Waals surface area contributed by atoms with Crippen molar-refractivity contribution in [2.75, 3.05) is 0 Å². The van der Waals surface area contributed by atoms with Gasteiger partial charge in [-0.1, -0.05) is 0 Å². The first-order valence-corrected chi connectivity index (χ1v) is 8.58. The molecular weight excluding hydrogens is 294 g/mol. The zero-order valence-corrected chi connectivity index (χ0v) is 13.9. The minimum atomic E-state index is -3.47. The predicted octanol–water partition coefficient (Wildman–Crippen LogP) is 2.19. The first kappa shape index (κ1) is 15.2. The Kier molecular flexibility index (Phi) is 4.04. The molecule has 0 fully saturated rings. The van der Waals surface area contributed by atoms with Gasteiger partial charge in [-0.3, -0.25) is 4.68 Å². The van der Waals surface area contributed by atoms with Crippen LogP contribution in [0, 0.1) is 27.7 Å². The molecule has 0 aromatic carbocycles. The number of hydrogen-bond donors (Lipinski definition) is 1. The highest BCUT2D eigenvalue weighted by Crippen LogP contribution is 2.25. The summed E-state index contributed by atoms with van der Waals surface area (Å²) in [6, 6.07) is 1.71. The Morgan fingerprint density at radius 2 is 1.95 bits per heavy atom. The Balaban J connectivity index is 2.24. The summed E-state index contributed by atoms with van der Waals surface area (Å²) >= 11 is 1.49. The maximum Gasteiger partial charge on any atom is 0.241 e. The van der Waals surface area contributed by atoms with Crippen LogP contribution in [0.3, 0.4) is 0 Å². The molecule has 0 atom stereocenters. The lowest BCUT2D eigenvalue weighted by Gasteiger charge is -2.06. The molecular formula is C13H19N3O2S2. The number of aryl methyl sites for hydroxylation is 4. The van der Waals surface area contributed by atoms with E-state index in [1.54, 1.807) is 10.7 Å². The maximum atomic E-state index is 12.3. The Morgan fingerprint density at radius 1 is 1.30 bits per heavy atom. The van der Waals surface area contributed by atoms with Gasteiger partial charge in [-0.2, -0.15) is 5.10 Å². The summed E-state index contributed by atoms with van der Waals surface area (Å²) in [5.41, 5.74) is 2.76. The topological polar surface area (TPSA) is 64.0 Å². The van der Waals surface area contributed by atoms with Crippen molar-refractivity contribution in [1.29, 1.82) is 0 Å². The predicted molar refractivity (Wildman–Crippen MR) is 80.5 cm³/mol. The van der Waals surface area contributed by atoms with Crippen molar-refractivity contribution < 1.29 is 8.42 Å². The minimum Gasteiger partial charge on any atom is -0.272 e. The van der Waals surface area contributed by atoms with Crippen LogP contribution in [0.5, 0.6) is 0 Å². The molecule has 1 N–H and O–H groups in total. The number of rotatable bonds is 4. The highest BCUT2D eigenvalue weighted by molar-refractivity contribution is 7.89. The average molecular weight is 313 g/mol. The van der Waals surface area contributed by atoms with E-state index in [4.69, 9.17) is 0 Å². The van der Waals surface area contributed by atoms with E-state index in [2.05, 4.69) is 9.82 Å². The van der Waals surface area contributed by atoms with Crippen LogP contribution in [-0.2, 0) is 23.6 Å². The van der Waals surface area contributed by atoms with Gasteiger partial charge in [0.1, 0.15) is 0 Å². The van der Waals surface area contributed by atoms with Gasteiger partial charge in [0, 0.05) is 34.6 Å². The standard InChI is InChI=1S/C13H19N3O2S2/c1-8-6-13(11(4)19-8)20(17,18)14-7-12-9(2)15-16(5)10(12)3/h6,14H,7H2,1-5H3. The number of aromatic nitrogens is 2. The summed E-state index contributed by atoms with van der Waals surface area (Å²) in [4.78, 5) is 2.19. The molecule has 2 rings (SSSR count). The zero-order valence-electron chi connectivity index (χ0n) is 12.3. The lowest BCUT2D eigenvalue weighted by Crippen LogP contribution is -2.24. The Labute approximate surface area is 123 Å². The molecule has 0 bridgehead atoms. The Hall–Kier alpha value is -1.18. The van der Waals surface area contributed by atoms with Crippen LogP contribution in [0.4, 0.5) is 0 Å². The third kappa shape index (κ3) is 2.79. The van der Waals surface area contributed by atoms with Crippen molar-refractivity contribution >= 4 is 21.4 Å². The van der Waals surface area contributed by atoms with Gasteiger partial charge in [0.05, 0.1) is 10.6 Å². The lowest BCUT2D eigenvalue weighted by atomic mass is 10.2. The largest absolute Gasteiger partial charge is 0.272 e. The normalized spacial score (nSPS) is 12.1. The summed E-state index contributed by atoms with van der Waals surface area (Å²) in [6.07, 6.45) is 0. The fourth-order valence-electron chi connectivity index (χ4n) is 2.19. The van der Waals surface area contributed by atoms with E-state index in [0.717, 1.165) is 26.7 Å². The molecule has 20 heavy (non-hydrogen) atoms. The minimum absolute atomic E-state index is 0.266. The van der Waals surface area contributed by atoms with Crippen molar-refractivity contribution in [1.82, 2.24) is 14.5 Å². The molecule has 2 heterocycles. The van der Waals surface area contributed by atoms with E-state index < -0.39 is 10.0 Å². The third-order valence-electron chi connectivity index (χ3n) is 3.38. The zero-order chi connectivity index (χ0) is 15.1. The van der Waals surface area contributed by atoms with Gasteiger partial charge in [0.2, 0.25) is 10.0 Å². The van der Waals surface area contributed by atoms with Crippen LogP contribution in [0.25, 0.3) is 0 Å². The highest BCUT2D eigenvalue weighted by Gasteiger charge is 2.20. The van der Waals surface area contributed by atoms with Crippen molar-refractivity contribution in [2.45, 2.75) is 39.1 Å². The molecule has 5 nitrogen and oxygen atoms in total. The van der Waals surface area contributed by atoms with Gasteiger partial charge in [0.15, 0.2) is 0 Å². The fourth-order valence-corrected chi connectivity index (χ4v) is 4.74. The van der Waals surface area contributed by atoms with Crippen LogP contribution in [0.1, 0.15) is 26.7 Å². The van der Waals surface area contributed by atoms with Crippen LogP contribution in [0.15, 0.2) is 11.0 Å². The van der Waals surface area contributed by atoms with E-state index >= 15 is 0 Å². The van der Waals surface area contributed by atoms with E-state index in [1.807, 2.05) is 34.7 Å². The van der Waals surface area contributed by atoms with Crippen LogP contribution in [0.2, 0.25) is 0 Å². The smallest absolute Gasteiger partial charge is 0.241 e. The molecule has 2 aromatic rings. The van der Waals surface area contributed by atoms with Gasteiger partial charge in [-0.05, 0) is 33.8 Å². The first-order valence-electron chi connectivity index (χ1n) is 6.28. The maximum absolute atomic E-state index is 12.3. The SMILES string of the molecule is Cc1cc(S(=O)(=O)NCc2c(C)nn(C)c2C)c(C)s1.